The van der Waals surface area contributed by atoms with Gasteiger partial charge < -0.3 is 4.90 Å². The van der Waals surface area contributed by atoms with Gasteiger partial charge in [0.15, 0.2) is 5.65 Å². The zero-order valence-corrected chi connectivity index (χ0v) is 14.3. The van der Waals surface area contributed by atoms with Gasteiger partial charge >= 0.3 is 0 Å². The Hall–Kier alpha value is -2.24. The summed E-state index contributed by atoms with van der Waals surface area (Å²) in [6.45, 7) is 6.36. The number of rotatable bonds is 4. The fourth-order valence-electron chi connectivity index (χ4n) is 3.25. The number of pyridine rings is 1. The zero-order chi connectivity index (χ0) is 17.1. The normalized spacial score (nSPS) is 16.0. The first-order chi connectivity index (χ1) is 11.5. The Bertz CT molecular complexity index is 776. The highest BCUT2D eigenvalue weighted by atomic mass is 16.2. The molecule has 0 bridgehead atoms. The number of carbonyl (C=O) groups is 1. The Balaban J connectivity index is 1.63. The minimum Gasteiger partial charge on any atom is -0.343 e. The van der Waals surface area contributed by atoms with E-state index < -0.39 is 0 Å². The van der Waals surface area contributed by atoms with Gasteiger partial charge in [0.05, 0.1) is 11.7 Å². The van der Waals surface area contributed by atoms with E-state index in [0.717, 1.165) is 25.9 Å². The van der Waals surface area contributed by atoms with E-state index in [2.05, 4.69) is 23.8 Å². The molecule has 0 N–H and O–H groups in total. The second-order valence-corrected chi connectivity index (χ2v) is 7.00. The number of hydrogen-bond donors (Lipinski definition) is 0. The summed E-state index contributed by atoms with van der Waals surface area (Å²) in [7, 11) is 0. The second-order valence-electron chi connectivity index (χ2n) is 7.00. The van der Waals surface area contributed by atoms with E-state index in [4.69, 9.17) is 0 Å². The largest absolute Gasteiger partial charge is 0.343 e. The first-order valence-electron chi connectivity index (χ1n) is 8.62. The average molecular weight is 328 g/mol. The molecule has 2 aromatic heterocycles. The number of nitrogens with zero attached hydrogens (tertiary/aromatic N) is 4. The van der Waals surface area contributed by atoms with Gasteiger partial charge in [0, 0.05) is 32.3 Å². The van der Waals surface area contributed by atoms with Crippen LogP contribution < -0.4 is 5.56 Å². The quantitative estimate of drug-likeness (QED) is 0.862. The third-order valence-electron chi connectivity index (χ3n) is 4.60. The first kappa shape index (κ1) is 16.6. The average Bonchev–Trinajstić information content (AvgIpc) is 2.57. The van der Waals surface area contributed by atoms with E-state index in [1.165, 1.54) is 0 Å². The highest BCUT2D eigenvalue weighted by Crippen LogP contribution is 2.20. The molecule has 6 heteroatoms. The van der Waals surface area contributed by atoms with Crippen LogP contribution in [0.15, 0.2) is 29.5 Å². The number of fused-ring (bicyclic) bond motifs is 1. The van der Waals surface area contributed by atoms with E-state index in [1.807, 2.05) is 4.90 Å². The summed E-state index contributed by atoms with van der Waals surface area (Å²) in [5.41, 5.74) is 0.458. The summed E-state index contributed by atoms with van der Waals surface area (Å²) in [6, 6.07) is 3.52. The summed E-state index contributed by atoms with van der Waals surface area (Å²) >= 11 is 0. The van der Waals surface area contributed by atoms with Gasteiger partial charge in [-0.05, 0) is 36.8 Å². The van der Waals surface area contributed by atoms with Crippen LogP contribution in [0.3, 0.4) is 0 Å². The molecule has 3 rings (SSSR count). The molecule has 0 spiro atoms. The van der Waals surface area contributed by atoms with Crippen molar-refractivity contribution < 1.29 is 4.79 Å². The van der Waals surface area contributed by atoms with Gasteiger partial charge in [0.25, 0.3) is 5.56 Å². The first-order valence-corrected chi connectivity index (χ1v) is 8.62. The van der Waals surface area contributed by atoms with Crippen molar-refractivity contribution in [3.8, 4) is 0 Å². The molecule has 0 atom stereocenters. The van der Waals surface area contributed by atoms with E-state index in [1.54, 1.807) is 29.2 Å². The smallest absolute Gasteiger partial charge is 0.262 e. The highest BCUT2D eigenvalue weighted by molar-refractivity contribution is 5.76. The fourth-order valence-corrected chi connectivity index (χ4v) is 3.25. The maximum absolute atomic E-state index is 12.5. The standard InChI is InChI=1S/C18H24N4O2/c1-13(2)10-16(23)21-8-5-14(6-9-21)11-22-12-20-17-15(18(22)24)4-3-7-19-17/h3-4,7,12-14H,5-6,8-11H2,1-2H3. The maximum atomic E-state index is 12.5. The lowest BCUT2D eigenvalue weighted by molar-refractivity contribution is -0.133. The van der Waals surface area contributed by atoms with Crippen LogP contribution in [0.1, 0.15) is 33.1 Å². The molecule has 1 amide bonds. The van der Waals surface area contributed by atoms with Gasteiger partial charge in [0.2, 0.25) is 5.91 Å². The van der Waals surface area contributed by atoms with Crippen LogP contribution in [0.4, 0.5) is 0 Å². The molecule has 24 heavy (non-hydrogen) atoms. The molecule has 6 nitrogen and oxygen atoms in total. The van der Waals surface area contributed by atoms with Crippen LogP contribution in [0, 0.1) is 11.8 Å². The molecule has 2 aromatic rings. The molecule has 0 radical (unpaired) electrons. The molecule has 0 aromatic carbocycles. The molecule has 128 valence electrons. The SMILES string of the molecule is CC(C)CC(=O)N1CCC(Cn2cnc3ncccc3c2=O)CC1. The van der Waals surface area contributed by atoms with Crippen LogP contribution >= 0.6 is 0 Å². The predicted molar refractivity (Wildman–Crippen MR) is 92.6 cm³/mol. The van der Waals surface area contributed by atoms with Crippen molar-refractivity contribution in [2.75, 3.05) is 13.1 Å². The molecule has 1 aliphatic rings. The van der Waals surface area contributed by atoms with E-state index in [-0.39, 0.29) is 11.5 Å². The van der Waals surface area contributed by atoms with Gasteiger partial charge in [-0.2, -0.15) is 0 Å². The molecule has 1 fully saturated rings. The van der Waals surface area contributed by atoms with Gasteiger partial charge in [-0.3, -0.25) is 14.2 Å². The second kappa shape index (κ2) is 7.11. The lowest BCUT2D eigenvalue weighted by Gasteiger charge is -2.32. The minimum absolute atomic E-state index is 0.0357. The molecule has 0 unspecified atom stereocenters. The van der Waals surface area contributed by atoms with Gasteiger partial charge in [0.1, 0.15) is 0 Å². The summed E-state index contributed by atoms with van der Waals surface area (Å²) in [6.07, 6.45) is 5.71. The molecule has 1 aliphatic heterocycles. The van der Waals surface area contributed by atoms with Crippen molar-refractivity contribution in [1.82, 2.24) is 19.4 Å². The van der Waals surface area contributed by atoms with Crippen LogP contribution in [0.25, 0.3) is 11.0 Å². The van der Waals surface area contributed by atoms with Crippen molar-refractivity contribution in [1.29, 1.82) is 0 Å². The molecular formula is C18H24N4O2. The van der Waals surface area contributed by atoms with Gasteiger partial charge in [-0.25, -0.2) is 9.97 Å². The number of carbonyl (C=O) groups excluding carboxylic acids is 1. The maximum Gasteiger partial charge on any atom is 0.262 e. The van der Waals surface area contributed by atoms with Crippen LogP contribution in [-0.4, -0.2) is 38.4 Å². The van der Waals surface area contributed by atoms with E-state index in [0.29, 0.717) is 35.8 Å². The predicted octanol–water partition coefficient (Wildman–Crippen LogP) is 2.08. The fraction of sp³-hybridized carbons (Fsp3) is 0.556. The minimum atomic E-state index is -0.0357. The van der Waals surface area contributed by atoms with Gasteiger partial charge in [-0.15, -0.1) is 0 Å². The van der Waals surface area contributed by atoms with Crippen molar-refractivity contribution in [3.05, 3.63) is 35.0 Å². The lowest BCUT2D eigenvalue weighted by Crippen LogP contribution is -2.40. The summed E-state index contributed by atoms with van der Waals surface area (Å²) in [4.78, 5) is 35.0. The van der Waals surface area contributed by atoms with Crippen LogP contribution in [-0.2, 0) is 11.3 Å². The van der Waals surface area contributed by atoms with Crippen molar-refractivity contribution in [3.63, 3.8) is 0 Å². The number of amides is 1. The number of aromatic nitrogens is 3. The molecule has 0 aliphatic carbocycles. The van der Waals surface area contributed by atoms with Crippen molar-refractivity contribution in [2.24, 2.45) is 11.8 Å². The summed E-state index contributed by atoms with van der Waals surface area (Å²) < 4.78 is 1.68. The number of hydrogen-bond acceptors (Lipinski definition) is 4. The Labute approximate surface area is 141 Å². The Morgan fingerprint density at radius 2 is 2.04 bits per heavy atom. The van der Waals surface area contributed by atoms with Gasteiger partial charge in [-0.1, -0.05) is 13.8 Å². The highest BCUT2D eigenvalue weighted by Gasteiger charge is 2.23. The summed E-state index contributed by atoms with van der Waals surface area (Å²) in [5.74, 6) is 1.05. The number of likely N-dealkylation sites (tertiary alicyclic amines) is 1. The monoisotopic (exact) mass is 328 g/mol. The Kier molecular flexibility index (Phi) is 4.92. The van der Waals surface area contributed by atoms with Crippen LogP contribution in [0.2, 0.25) is 0 Å². The number of piperidine rings is 1. The van der Waals surface area contributed by atoms with E-state index >= 15 is 0 Å². The molecular weight excluding hydrogens is 304 g/mol. The Morgan fingerprint density at radius 1 is 1.29 bits per heavy atom. The lowest BCUT2D eigenvalue weighted by atomic mass is 9.96. The molecule has 3 heterocycles. The third-order valence-corrected chi connectivity index (χ3v) is 4.60. The molecule has 0 saturated carbocycles. The van der Waals surface area contributed by atoms with Crippen LogP contribution in [0.5, 0.6) is 0 Å². The zero-order valence-electron chi connectivity index (χ0n) is 14.3. The molecule has 1 saturated heterocycles. The third kappa shape index (κ3) is 3.63. The Morgan fingerprint density at radius 3 is 2.75 bits per heavy atom. The topological polar surface area (TPSA) is 68.1 Å². The van der Waals surface area contributed by atoms with Crippen molar-refractivity contribution in [2.45, 2.75) is 39.7 Å². The van der Waals surface area contributed by atoms with E-state index in [9.17, 15) is 9.59 Å². The van der Waals surface area contributed by atoms with Crippen molar-refractivity contribution >= 4 is 16.9 Å². The summed E-state index contributed by atoms with van der Waals surface area (Å²) in [5, 5.41) is 0.560.